The van der Waals surface area contributed by atoms with Crippen LogP contribution in [0.5, 0.6) is 0 Å². The van der Waals surface area contributed by atoms with Crippen molar-refractivity contribution in [1.29, 1.82) is 0 Å². The summed E-state index contributed by atoms with van der Waals surface area (Å²) in [6.07, 6.45) is 0.429. The largest absolute Gasteiger partial charge is 0.393 e. The van der Waals surface area contributed by atoms with Crippen LogP contribution in [0, 0.1) is 5.92 Å². The van der Waals surface area contributed by atoms with Gasteiger partial charge in [-0.2, -0.15) is 0 Å². The standard InChI is InChI=1S/C14H18BrNO2S/c1-10-8-16(7-6-13(10)17)14(18)9-19-12-4-2-11(15)3-5-12/h2-5,10,13,17H,6-9H2,1H3. The van der Waals surface area contributed by atoms with Crippen molar-refractivity contribution in [2.45, 2.75) is 24.3 Å². The van der Waals surface area contributed by atoms with Gasteiger partial charge in [0.1, 0.15) is 0 Å². The van der Waals surface area contributed by atoms with Gasteiger partial charge in [-0.25, -0.2) is 0 Å². The zero-order valence-electron chi connectivity index (χ0n) is 10.9. The van der Waals surface area contributed by atoms with Gasteiger partial charge in [0.25, 0.3) is 0 Å². The number of aliphatic hydroxyl groups excluding tert-OH is 1. The monoisotopic (exact) mass is 343 g/mol. The SMILES string of the molecule is CC1CN(C(=O)CSc2ccc(Br)cc2)CCC1O. The summed E-state index contributed by atoms with van der Waals surface area (Å²) in [5, 5.41) is 9.66. The molecule has 1 amide bonds. The Morgan fingerprint density at radius 3 is 2.79 bits per heavy atom. The molecule has 1 fully saturated rings. The number of thioether (sulfide) groups is 1. The molecule has 1 aromatic rings. The number of hydrogen-bond acceptors (Lipinski definition) is 3. The summed E-state index contributed by atoms with van der Waals surface area (Å²) in [4.78, 5) is 15.1. The number of halogens is 1. The first-order valence-electron chi connectivity index (χ1n) is 6.40. The van der Waals surface area contributed by atoms with E-state index in [0.717, 1.165) is 9.37 Å². The highest BCUT2D eigenvalue weighted by molar-refractivity contribution is 9.10. The van der Waals surface area contributed by atoms with E-state index in [2.05, 4.69) is 15.9 Å². The van der Waals surface area contributed by atoms with Crippen molar-refractivity contribution in [2.75, 3.05) is 18.8 Å². The fraction of sp³-hybridized carbons (Fsp3) is 0.500. The van der Waals surface area contributed by atoms with Crippen molar-refractivity contribution in [2.24, 2.45) is 5.92 Å². The van der Waals surface area contributed by atoms with Crippen LogP contribution in [0.15, 0.2) is 33.6 Å². The van der Waals surface area contributed by atoms with Crippen molar-refractivity contribution in [1.82, 2.24) is 4.90 Å². The second-order valence-electron chi connectivity index (χ2n) is 4.92. The van der Waals surface area contributed by atoms with E-state index >= 15 is 0 Å². The number of nitrogens with zero attached hydrogens (tertiary/aromatic N) is 1. The van der Waals surface area contributed by atoms with E-state index in [-0.39, 0.29) is 17.9 Å². The molecule has 1 aliphatic rings. The number of carbonyl (C=O) groups is 1. The molecule has 0 aromatic heterocycles. The molecule has 1 N–H and O–H groups in total. The maximum atomic E-state index is 12.1. The van der Waals surface area contributed by atoms with Gasteiger partial charge in [-0.05, 0) is 36.6 Å². The Hall–Kier alpha value is -0.520. The van der Waals surface area contributed by atoms with Gasteiger partial charge < -0.3 is 10.0 Å². The molecular formula is C14H18BrNO2S. The summed E-state index contributed by atoms with van der Waals surface area (Å²) in [6, 6.07) is 7.97. The van der Waals surface area contributed by atoms with Crippen molar-refractivity contribution in [3.05, 3.63) is 28.7 Å². The van der Waals surface area contributed by atoms with Crippen LogP contribution in [-0.4, -0.2) is 40.9 Å². The molecule has 2 rings (SSSR count). The first-order chi connectivity index (χ1) is 9.06. The maximum Gasteiger partial charge on any atom is 0.232 e. The first kappa shape index (κ1) is 14.9. The minimum atomic E-state index is -0.261. The molecule has 1 aliphatic heterocycles. The van der Waals surface area contributed by atoms with Gasteiger partial charge in [-0.15, -0.1) is 11.8 Å². The molecule has 0 aliphatic carbocycles. The van der Waals surface area contributed by atoms with Crippen LogP contribution < -0.4 is 0 Å². The highest BCUT2D eigenvalue weighted by Crippen LogP contribution is 2.22. The molecule has 5 heteroatoms. The highest BCUT2D eigenvalue weighted by atomic mass is 79.9. The van der Waals surface area contributed by atoms with E-state index in [0.29, 0.717) is 25.3 Å². The summed E-state index contributed by atoms with van der Waals surface area (Å²) < 4.78 is 1.04. The Kier molecular flexibility index (Phi) is 5.30. The third-order valence-electron chi connectivity index (χ3n) is 3.39. The number of aliphatic hydroxyl groups is 1. The molecule has 0 radical (unpaired) electrons. The third-order valence-corrected chi connectivity index (χ3v) is 4.91. The van der Waals surface area contributed by atoms with Gasteiger partial charge >= 0.3 is 0 Å². The number of piperidine rings is 1. The lowest BCUT2D eigenvalue weighted by Crippen LogP contribution is -2.45. The Labute approximate surface area is 126 Å². The molecule has 0 spiro atoms. The van der Waals surface area contributed by atoms with Crippen LogP contribution in [0.2, 0.25) is 0 Å². The molecule has 104 valence electrons. The Morgan fingerprint density at radius 1 is 1.47 bits per heavy atom. The number of rotatable bonds is 3. The predicted molar refractivity (Wildman–Crippen MR) is 81.2 cm³/mol. The van der Waals surface area contributed by atoms with Crippen LogP contribution in [0.3, 0.4) is 0 Å². The van der Waals surface area contributed by atoms with E-state index in [1.807, 2.05) is 36.1 Å². The van der Waals surface area contributed by atoms with Crippen molar-refractivity contribution in [3.8, 4) is 0 Å². The lowest BCUT2D eigenvalue weighted by Gasteiger charge is -2.34. The lowest BCUT2D eigenvalue weighted by molar-refractivity contribution is -0.131. The lowest BCUT2D eigenvalue weighted by atomic mass is 9.97. The second-order valence-corrected chi connectivity index (χ2v) is 6.88. The highest BCUT2D eigenvalue weighted by Gasteiger charge is 2.26. The Bertz CT molecular complexity index is 438. The predicted octanol–water partition coefficient (Wildman–Crippen LogP) is 2.77. The van der Waals surface area contributed by atoms with Crippen molar-refractivity contribution < 1.29 is 9.90 Å². The molecule has 2 unspecified atom stereocenters. The quantitative estimate of drug-likeness (QED) is 0.858. The minimum Gasteiger partial charge on any atom is -0.393 e. The molecule has 0 bridgehead atoms. The summed E-state index contributed by atoms with van der Waals surface area (Å²) >= 11 is 4.95. The summed E-state index contributed by atoms with van der Waals surface area (Å²) in [7, 11) is 0. The number of likely N-dealkylation sites (tertiary alicyclic amines) is 1. The van der Waals surface area contributed by atoms with Crippen molar-refractivity contribution in [3.63, 3.8) is 0 Å². The van der Waals surface area contributed by atoms with E-state index in [1.165, 1.54) is 0 Å². The smallest absolute Gasteiger partial charge is 0.232 e. The van der Waals surface area contributed by atoms with Crippen molar-refractivity contribution >= 4 is 33.6 Å². The van der Waals surface area contributed by atoms with E-state index in [4.69, 9.17) is 0 Å². The summed E-state index contributed by atoms with van der Waals surface area (Å²) in [5.41, 5.74) is 0. The molecule has 19 heavy (non-hydrogen) atoms. The van der Waals surface area contributed by atoms with Gasteiger partial charge in [0.2, 0.25) is 5.91 Å². The Morgan fingerprint density at radius 2 is 2.16 bits per heavy atom. The molecule has 0 saturated carbocycles. The number of carbonyl (C=O) groups excluding carboxylic acids is 1. The fourth-order valence-electron chi connectivity index (χ4n) is 2.13. The minimum absolute atomic E-state index is 0.159. The molecule has 1 aromatic carbocycles. The maximum absolute atomic E-state index is 12.1. The van der Waals surface area contributed by atoms with Crippen LogP contribution >= 0.6 is 27.7 Å². The Balaban J connectivity index is 1.83. The van der Waals surface area contributed by atoms with Gasteiger partial charge in [0.15, 0.2) is 0 Å². The zero-order chi connectivity index (χ0) is 13.8. The average molecular weight is 344 g/mol. The summed E-state index contributed by atoms with van der Waals surface area (Å²) in [6.45, 7) is 3.33. The first-order valence-corrected chi connectivity index (χ1v) is 8.18. The number of benzene rings is 1. The van der Waals surface area contributed by atoms with E-state index in [9.17, 15) is 9.90 Å². The number of hydrogen-bond donors (Lipinski definition) is 1. The second kappa shape index (κ2) is 6.77. The van der Waals surface area contributed by atoms with Crippen LogP contribution in [0.1, 0.15) is 13.3 Å². The van der Waals surface area contributed by atoms with Gasteiger partial charge in [0.05, 0.1) is 11.9 Å². The average Bonchev–Trinajstić information content (AvgIpc) is 2.41. The third kappa shape index (κ3) is 4.23. The van der Waals surface area contributed by atoms with E-state index in [1.54, 1.807) is 11.8 Å². The van der Waals surface area contributed by atoms with Gasteiger partial charge in [-0.3, -0.25) is 4.79 Å². The molecule has 3 nitrogen and oxygen atoms in total. The fourth-order valence-corrected chi connectivity index (χ4v) is 3.19. The van der Waals surface area contributed by atoms with E-state index < -0.39 is 0 Å². The van der Waals surface area contributed by atoms with Gasteiger partial charge in [-0.1, -0.05) is 22.9 Å². The zero-order valence-corrected chi connectivity index (χ0v) is 13.3. The summed E-state index contributed by atoms with van der Waals surface area (Å²) in [5.74, 6) is 0.798. The molecule has 1 heterocycles. The normalized spacial score (nSPS) is 23.4. The molecule has 1 saturated heterocycles. The molecule has 2 atom stereocenters. The van der Waals surface area contributed by atoms with Crippen LogP contribution in [0.25, 0.3) is 0 Å². The van der Waals surface area contributed by atoms with Crippen LogP contribution in [0.4, 0.5) is 0 Å². The van der Waals surface area contributed by atoms with Crippen LogP contribution in [-0.2, 0) is 4.79 Å². The topological polar surface area (TPSA) is 40.5 Å². The number of amides is 1. The van der Waals surface area contributed by atoms with Gasteiger partial charge in [0, 0.05) is 22.5 Å². The molecular weight excluding hydrogens is 326 g/mol.